The van der Waals surface area contributed by atoms with Gasteiger partial charge < -0.3 is 5.73 Å². The molecule has 7 heteroatoms. The SMILES string of the molecule is Nc1nc2cc(Br)cnc2n1-c1ccc(F)c(Cl)c1. The van der Waals surface area contributed by atoms with E-state index < -0.39 is 5.82 Å². The van der Waals surface area contributed by atoms with Crippen LogP contribution in [0.4, 0.5) is 10.3 Å². The van der Waals surface area contributed by atoms with Crippen LogP contribution in [0.5, 0.6) is 0 Å². The van der Waals surface area contributed by atoms with Gasteiger partial charge in [0.05, 0.1) is 10.7 Å². The molecule has 2 heterocycles. The lowest BCUT2D eigenvalue weighted by molar-refractivity contribution is 0.628. The molecule has 0 spiro atoms. The number of anilines is 1. The first-order valence-electron chi connectivity index (χ1n) is 5.31. The van der Waals surface area contributed by atoms with Crippen LogP contribution in [-0.2, 0) is 0 Å². The molecule has 0 unspecified atom stereocenters. The molecule has 1 aromatic carbocycles. The molecule has 2 N–H and O–H groups in total. The molecule has 0 aliphatic rings. The highest BCUT2D eigenvalue weighted by molar-refractivity contribution is 9.10. The molecule has 0 radical (unpaired) electrons. The van der Waals surface area contributed by atoms with Gasteiger partial charge in [-0.05, 0) is 40.2 Å². The summed E-state index contributed by atoms with van der Waals surface area (Å²) in [4.78, 5) is 8.48. The second-order valence-electron chi connectivity index (χ2n) is 3.90. The van der Waals surface area contributed by atoms with Crippen molar-refractivity contribution in [3.8, 4) is 5.69 Å². The number of pyridine rings is 1. The fourth-order valence-corrected chi connectivity index (χ4v) is 2.33. The molecule has 0 fully saturated rings. The van der Waals surface area contributed by atoms with E-state index in [-0.39, 0.29) is 11.0 Å². The smallest absolute Gasteiger partial charge is 0.207 e. The number of benzene rings is 1. The largest absolute Gasteiger partial charge is 0.369 e. The van der Waals surface area contributed by atoms with E-state index in [1.165, 1.54) is 12.1 Å². The summed E-state index contributed by atoms with van der Waals surface area (Å²) in [6, 6.07) is 6.14. The van der Waals surface area contributed by atoms with E-state index in [1.807, 2.05) is 0 Å². The minimum absolute atomic E-state index is 0.0239. The van der Waals surface area contributed by atoms with Crippen molar-refractivity contribution in [2.45, 2.75) is 0 Å². The topological polar surface area (TPSA) is 56.7 Å². The van der Waals surface area contributed by atoms with Crippen molar-refractivity contribution in [1.29, 1.82) is 0 Å². The van der Waals surface area contributed by atoms with Crippen LogP contribution in [0.3, 0.4) is 0 Å². The van der Waals surface area contributed by atoms with E-state index in [2.05, 4.69) is 25.9 Å². The Morgan fingerprint density at radius 3 is 2.84 bits per heavy atom. The van der Waals surface area contributed by atoms with Crippen LogP contribution in [-0.4, -0.2) is 14.5 Å². The van der Waals surface area contributed by atoms with E-state index in [9.17, 15) is 4.39 Å². The molecule has 0 aliphatic carbocycles. The molecule has 3 aromatic rings. The molecular formula is C12H7BrClFN4. The number of rotatable bonds is 1. The zero-order valence-electron chi connectivity index (χ0n) is 9.44. The van der Waals surface area contributed by atoms with Gasteiger partial charge in [-0.1, -0.05) is 11.6 Å². The second kappa shape index (κ2) is 4.47. The van der Waals surface area contributed by atoms with E-state index in [0.717, 1.165) is 4.47 Å². The predicted octanol–water partition coefficient (Wildman–Crippen LogP) is 3.56. The minimum Gasteiger partial charge on any atom is -0.369 e. The lowest BCUT2D eigenvalue weighted by Gasteiger charge is -2.06. The Balaban J connectivity index is 2.29. The average Bonchev–Trinajstić information content (AvgIpc) is 2.68. The van der Waals surface area contributed by atoms with Gasteiger partial charge in [-0.3, -0.25) is 4.57 Å². The predicted molar refractivity (Wildman–Crippen MR) is 75.9 cm³/mol. The van der Waals surface area contributed by atoms with Gasteiger partial charge in [0.1, 0.15) is 11.3 Å². The molecule has 0 bridgehead atoms. The number of imidazole rings is 1. The van der Waals surface area contributed by atoms with Gasteiger partial charge in [0.15, 0.2) is 5.65 Å². The summed E-state index contributed by atoms with van der Waals surface area (Å²) in [6.07, 6.45) is 1.64. The fourth-order valence-electron chi connectivity index (χ4n) is 1.84. The van der Waals surface area contributed by atoms with Crippen molar-refractivity contribution < 1.29 is 4.39 Å². The standard InChI is InChI=1S/C12H7BrClFN4/c13-6-3-10-11(17-5-6)19(12(16)18-10)7-1-2-9(15)8(14)4-7/h1-5H,(H2,16,18). The molecule has 0 saturated heterocycles. The van der Waals surface area contributed by atoms with Crippen molar-refractivity contribution in [2.24, 2.45) is 0 Å². The quantitative estimate of drug-likeness (QED) is 0.736. The Morgan fingerprint density at radius 2 is 2.11 bits per heavy atom. The van der Waals surface area contributed by atoms with Gasteiger partial charge in [0, 0.05) is 10.7 Å². The van der Waals surface area contributed by atoms with Crippen molar-refractivity contribution in [1.82, 2.24) is 14.5 Å². The van der Waals surface area contributed by atoms with Gasteiger partial charge in [0.2, 0.25) is 5.95 Å². The van der Waals surface area contributed by atoms with Crippen LogP contribution in [0.2, 0.25) is 5.02 Å². The number of nitrogens with two attached hydrogens (primary N) is 1. The van der Waals surface area contributed by atoms with Gasteiger partial charge in [-0.2, -0.15) is 0 Å². The van der Waals surface area contributed by atoms with Crippen molar-refractivity contribution in [2.75, 3.05) is 5.73 Å². The number of fused-ring (bicyclic) bond motifs is 1. The molecule has 0 atom stereocenters. The Morgan fingerprint density at radius 1 is 1.32 bits per heavy atom. The molecule has 0 aliphatic heterocycles. The van der Waals surface area contributed by atoms with E-state index in [4.69, 9.17) is 17.3 Å². The highest BCUT2D eigenvalue weighted by atomic mass is 79.9. The zero-order valence-corrected chi connectivity index (χ0v) is 11.8. The normalized spacial score (nSPS) is 11.1. The monoisotopic (exact) mass is 340 g/mol. The summed E-state index contributed by atoms with van der Waals surface area (Å²) >= 11 is 9.10. The third-order valence-electron chi connectivity index (χ3n) is 2.65. The summed E-state index contributed by atoms with van der Waals surface area (Å²) in [6.45, 7) is 0. The number of nitrogens with zero attached hydrogens (tertiary/aromatic N) is 3. The number of halogens is 3. The number of hydrogen-bond donors (Lipinski definition) is 1. The Bertz CT molecular complexity index is 787. The molecule has 0 saturated carbocycles. The van der Waals surface area contributed by atoms with Crippen LogP contribution in [0.15, 0.2) is 34.9 Å². The number of nitrogen functional groups attached to an aromatic ring is 1. The van der Waals surface area contributed by atoms with Crippen LogP contribution in [0, 0.1) is 5.82 Å². The summed E-state index contributed by atoms with van der Waals surface area (Å²) in [5.74, 6) is -0.215. The first-order valence-corrected chi connectivity index (χ1v) is 6.48. The first-order chi connectivity index (χ1) is 9.06. The van der Waals surface area contributed by atoms with Crippen molar-refractivity contribution >= 4 is 44.6 Å². The third-order valence-corrected chi connectivity index (χ3v) is 3.37. The van der Waals surface area contributed by atoms with Crippen LogP contribution in [0.1, 0.15) is 0 Å². The van der Waals surface area contributed by atoms with Gasteiger partial charge in [-0.25, -0.2) is 14.4 Å². The van der Waals surface area contributed by atoms with E-state index >= 15 is 0 Å². The molecule has 19 heavy (non-hydrogen) atoms. The van der Waals surface area contributed by atoms with Gasteiger partial charge >= 0.3 is 0 Å². The zero-order chi connectivity index (χ0) is 13.6. The summed E-state index contributed by atoms with van der Waals surface area (Å²) in [7, 11) is 0. The Hall–Kier alpha value is -1.66. The molecule has 96 valence electrons. The van der Waals surface area contributed by atoms with Crippen LogP contribution in [0.25, 0.3) is 16.9 Å². The van der Waals surface area contributed by atoms with Crippen molar-refractivity contribution in [3.63, 3.8) is 0 Å². The fraction of sp³-hybridized carbons (Fsp3) is 0. The Kier molecular flexibility index (Phi) is 2.91. The number of hydrogen-bond acceptors (Lipinski definition) is 3. The lowest BCUT2D eigenvalue weighted by Crippen LogP contribution is -2.01. The third kappa shape index (κ3) is 2.06. The average molecular weight is 342 g/mol. The number of aromatic nitrogens is 3. The minimum atomic E-state index is -0.482. The second-order valence-corrected chi connectivity index (χ2v) is 5.22. The maximum Gasteiger partial charge on any atom is 0.207 e. The van der Waals surface area contributed by atoms with Crippen LogP contribution < -0.4 is 5.73 Å². The molecule has 4 nitrogen and oxygen atoms in total. The van der Waals surface area contributed by atoms with Gasteiger partial charge in [-0.15, -0.1) is 0 Å². The lowest BCUT2D eigenvalue weighted by atomic mass is 10.3. The maximum atomic E-state index is 13.2. The highest BCUT2D eigenvalue weighted by Gasteiger charge is 2.12. The van der Waals surface area contributed by atoms with Crippen LogP contribution >= 0.6 is 27.5 Å². The van der Waals surface area contributed by atoms with Gasteiger partial charge in [0.25, 0.3) is 0 Å². The maximum absolute atomic E-state index is 13.2. The molecule has 2 aromatic heterocycles. The Labute approximate surface area is 121 Å². The van der Waals surface area contributed by atoms with Crippen molar-refractivity contribution in [3.05, 3.63) is 45.8 Å². The van der Waals surface area contributed by atoms with E-state index in [0.29, 0.717) is 16.9 Å². The summed E-state index contributed by atoms with van der Waals surface area (Å²) in [5, 5.41) is 0.0239. The first kappa shape index (κ1) is 12.4. The molecular weight excluding hydrogens is 335 g/mol. The molecule has 3 rings (SSSR count). The summed E-state index contributed by atoms with van der Waals surface area (Å²) < 4.78 is 15.6. The molecule has 0 amide bonds. The van der Waals surface area contributed by atoms with E-state index in [1.54, 1.807) is 22.9 Å². The highest BCUT2D eigenvalue weighted by Crippen LogP contribution is 2.26. The summed E-state index contributed by atoms with van der Waals surface area (Å²) in [5.41, 5.74) is 7.73.